The molecule has 1 amide bonds. The summed E-state index contributed by atoms with van der Waals surface area (Å²) in [6.45, 7) is 4.03. The van der Waals surface area contributed by atoms with Gasteiger partial charge in [0, 0.05) is 18.3 Å². The summed E-state index contributed by atoms with van der Waals surface area (Å²) < 4.78 is 53.7. The van der Waals surface area contributed by atoms with Crippen LogP contribution in [-0.4, -0.2) is 28.3 Å². The predicted molar refractivity (Wildman–Crippen MR) is 82.8 cm³/mol. The van der Waals surface area contributed by atoms with Crippen LogP contribution in [0.2, 0.25) is 0 Å². The lowest BCUT2D eigenvalue weighted by Gasteiger charge is -2.35. The number of benzene rings is 1. The molecule has 0 saturated carbocycles. The second-order valence-corrected chi connectivity index (χ2v) is 5.55. The number of anilines is 2. The van der Waals surface area contributed by atoms with E-state index in [-0.39, 0.29) is 24.2 Å². The molecule has 0 fully saturated rings. The van der Waals surface area contributed by atoms with Gasteiger partial charge in [0.15, 0.2) is 0 Å². The second-order valence-electron chi connectivity index (χ2n) is 5.55. The lowest BCUT2D eigenvalue weighted by Crippen LogP contribution is -2.48. The maximum atomic E-state index is 13.9. The van der Waals surface area contributed by atoms with Gasteiger partial charge in [0.25, 0.3) is 0 Å². The average Bonchev–Trinajstić information content (AvgIpc) is 3.01. The fourth-order valence-electron chi connectivity index (χ4n) is 2.77. The molecule has 9 heteroatoms. The second kappa shape index (κ2) is 6.23. The van der Waals surface area contributed by atoms with Crippen LogP contribution in [0.5, 0.6) is 0 Å². The van der Waals surface area contributed by atoms with Crippen LogP contribution in [0.15, 0.2) is 43.1 Å². The Kier molecular flexibility index (Phi) is 4.23. The summed E-state index contributed by atoms with van der Waals surface area (Å²) in [5, 5.41) is 6.84. The lowest BCUT2D eigenvalue weighted by atomic mass is 10.1. The number of alkyl halides is 3. The van der Waals surface area contributed by atoms with Crippen molar-refractivity contribution < 1.29 is 22.4 Å². The molecule has 132 valence electrons. The first kappa shape index (κ1) is 17.0. The first-order valence-electron chi connectivity index (χ1n) is 7.38. The van der Waals surface area contributed by atoms with E-state index in [9.17, 15) is 22.4 Å². The lowest BCUT2D eigenvalue weighted by molar-refractivity contribution is -0.140. The van der Waals surface area contributed by atoms with Crippen molar-refractivity contribution in [3.05, 3.63) is 54.5 Å². The third kappa shape index (κ3) is 3.35. The maximum Gasteiger partial charge on any atom is 0.419 e. The number of fused-ring (bicyclic) bond motifs is 1. The Morgan fingerprint density at radius 3 is 2.72 bits per heavy atom. The highest BCUT2D eigenvalue weighted by Crippen LogP contribution is 2.35. The Morgan fingerprint density at radius 1 is 1.32 bits per heavy atom. The molecule has 0 aliphatic carbocycles. The Balaban J connectivity index is 1.94. The largest absolute Gasteiger partial charge is 0.419 e. The third-order valence-corrected chi connectivity index (χ3v) is 3.87. The Morgan fingerprint density at radius 2 is 2.08 bits per heavy atom. The monoisotopic (exact) mass is 354 g/mol. The van der Waals surface area contributed by atoms with Crippen molar-refractivity contribution in [2.24, 2.45) is 0 Å². The first-order chi connectivity index (χ1) is 11.8. The molecule has 1 aliphatic heterocycles. The van der Waals surface area contributed by atoms with Gasteiger partial charge >= 0.3 is 6.18 Å². The molecule has 2 aromatic rings. The van der Waals surface area contributed by atoms with Gasteiger partial charge in [0.1, 0.15) is 11.6 Å². The smallest absolute Gasteiger partial charge is 0.346 e. The average molecular weight is 354 g/mol. The van der Waals surface area contributed by atoms with Crippen molar-refractivity contribution in [2.75, 3.05) is 11.4 Å². The van der Waals surface area contributed by atoms with Gasteiger partial charge in [-0.1, -0.05) is 6.58 Å². The summed E-state index contributed by atoms with van der Waals surface area (Å²) >= 11 is 0. The van der Waals surface area contributed by atoms with E-state index in [4.69, 9.17) is 0 Å². The molecule has 5 nitrogen and oxygen atoms in total. The van der Waals surface area contributed by atoms with E-state index in [1.165, 1.54) is 12.3 Å². The molecule has 0 spiro atoms. The van der Waals surface area contributed by atoms with Gasteiger partial charge in [-0.25, -0.2) is 9.07 Å². The summed E-state index contributed by atoms with van der Waals surface area (Å²) in [6, 6.07) is 4.04. The highest BCUT2D eigenvalue weighted by Gasteiger charge is 2.35. The van der Waals surface area contributed by atoms with Crippen LogP contribution >= 0.6 is 0 Å². The van der Waals surface area contributed by atoms with Gasteiger partial charge in [-0.3, -0.25) is 4.79 Å². The molecule has 2 heterocycles. The third-order valence-electron chi connectivity index (χ3n) is 3.87. The van der Waals surface area contributed by atoms with E-state index in [0.29, 0.717) is 18.4 Å². The highest BCUT2D eigenvalue weighted by molar-refractivity contribution is 5.87. The molecule has 3 rings (SSSR count). The van der Waals surface area contributed by atoms with E-state index in [2.05, 4.69) is 17.0 Å². The number of hydrogen-bond acceptors (Lipinski definition) is 3. The minimum atomic E-state index is -4.76. The van der Waals surface area contributed by atoms with E-state index < -0.39 is 17.6 Å². The molecule has 1 aliphatic rings. The standard InChI is InChI=1S/C16H14F4N4O/c1-2-14(25)22-10-8-23(15-5-6-21-24(15)9-10)11-3-4-12(13(17)7-11)16(18,19)20/h2-7,10H,1,8-9H2,(H,22,25). The molecule has 0 radical (unpaired) electrons. The van der Waals surface area contributed by atoms with Crippen molar-refractivity contribution in [2.45, 2.75) is 18.8 Å². The Labute approximate surface area is 140 Å². The Bertz CT molecular complexity index is 815. The van der Waals surface area contributed by atoms with Gasteiger partial charge < -0.3 is 10.2 Å². The summed E-state index contributed by atoms with van der Waals surface area (Å²) in [5.41, 5.74) is -1.08. The fraction of sp³-hybridized carbons (Fsp3) is 0.250. The number of nitrogens with zero attached hydrogens (tertiary/aromatic N) is 3. The molecule has 1 aromatic carbocycles. The topological polar surface area (TPSA) is 50.2 Å². The SMILES string of the molecule is C=CC(=O)NC1CN(c2ccc(C(F)(F)F)c(F)c2)c2ccnn2C1. The van der Waals surface area contributed by atoms with Crippen LogP contribution in [0.1, 0.15) is 5.56 Å². The van der Waals surface area contributed by atoms with Crippen molar-refractivity contribution in [3.63, 3.8) is 0 Å². The van der Waals surface area contributed by atoms with Crippen LogP contribution in [0, 0.1) is 5.82 Å². The van der Waals surface area contributed by atoms with Crippen LogP contribution in [0.4, 0.5) is 29.1 Å². The zero-order valence-electron chi connectivity index (χ0n) is 12.9. The summed E-state index contributed by atoms with van der Waals surface area (Å²) in [7, 11) is 0. The number of aromatic nitrogens is 2. The van der Waals surface area contributed by atoms with Gasteiger partial charge in [-0.2, -0.15) is 18.3 Å². The fourth-order valence-corrected chi connectivity index (χ4v) is 2.77. The van der Waals surface area contributed by atoms with Gasteiger partial charge in [-0.15, -0.1) is 0 Å². The molecule has 1 N–H and O–H groups in total. The number of amides is 1. The van der Waals surface area contributed by atoms with E-state index in [0.717, 1.165) is 12.1 Å². The van der Waals surface area contributed by atoms with Crippen molar-refractivity contribution in [1.82, 2.24) is 15.1 Å². The molecular formula is C16H14F4N4O. The quantitative estimate of drug-likeness (QED) is 0.681. The zero-order valence-corrected chi connectivity index (χ0v) is 12.9. The number of hydrogen-bond donors (Lipinski definition) is 1. The minimum absolute atomic E-state index is 0.241. The predicted octanol–water partition coefficient (Wildman–Crippen LogP) is 2.86. The van der Waals surface area contributed by atoms with Crippen molar-refractivity contribution in [1.29, 1.82) is 0 Å². The molecule has 1 atom stereocenters. The van der Waals surface area contributed by atoms with E-state index in [1.54, 1.807) is 15.6 Å². The summed E-state index contributed by atoms with van der Waals surface area (Å²) in [6.07, 6.45) is -2.10. The van der Waals surface area contributed by atoms with Crippen molar-refractivity contribution >= 4 is 17.4 Å². The molecule has 0 saturated heterocycles. The minimum Gasteiger partial charge on any atom is -0.346 e. The van der Waals surface area contributed by atoms with Crippen LogP contribution in [-0.2, 0) is 17.5 Å². The van der Waals surface area contributed by atoms with Gasteiger partial charge in [-0.05, 0) is 24.3 Å². The first-order valence-corrected chi connectivity index (χ1v) is 7.38. The molecule has 25 heavy (non-hydrogen) atoms. The number of rotatable bonds is 3. The number of carbonyl (C=O) groups is 1. The zero-order chi connectivity index (χ0) is 18.2. The number of halogens is 4. The van der Waals surface area contributed by atoms with Crippen LogP contribution in [0.3, 0.4) is 0 Å². The molecule has 1 unspecified atom stereocenters. The molecule has 0 bridgehead atoms. The summed E-state index contributed by atoms with van der Waals surface area (Å²) in [4.78, 5) is 13.1. The highest BCUT2D eigenvalue weighted by atomic mass is 19.4. The molecular weight excluding hydrogens is 340 g/mol. The summed E-state index contributed by atoms with van der Waals surface area (Å²) in [5.74, 6) is -1.13. The van der Waals surface area contributed by atoms with Crippen LogP contribution in [0.25, 0.3) is 0 Å². The number of nitrogens with one attached hydrogen (secondary N) is 1. The normalized spacial score (nSPS) is 17.1. The Hall–Kier alpha value is -2.84. The molecule has 1 aromatic heterocycles. The van der Waals surface area contributed by atoms with Gasteiger partial charge in [0.2, 0.25) is 5.91 Å². The van der Waals surface area contributed by atoms with Gasteiger partial charge in [0.05, 0.1) is 24.3 Å². The van der Waals surface area contributed by atoms with E-state index in [1.807, 2.05) is 0 Å². The van der Waals surface area contributed by atoms with E-state index >= 15 is 0 Å². The maximum absolute atomic E-state index is 13.9. The number of carbonyl (C=O) groups excluding carboxylic acids is 1. The van der Waals surface area contributed by atoms with Crippen molar-refractivity contribution in [3.8, 4) is 0 Å². The van der Waals surface area contributed by atoms with Crippen LogP contribution < -0.4 is 10.2 Å².